The summed E-state index contributed by atoms with van der Waals surface area (Å²) >= 11 is 0. The van der Waals surface area contributed by atoms with Crippen molar-refractivity contribution in [1.29, 1.82) is 0 Å². The van der Waals surface area contributed by atoms with Crippen LogP contribution in [0.3, 0.4) is 0 Å². The number of nitrogens with zero attached hydrogens (tertiary/aromatic N) is 1. The highest BCUT2D eigenvalue weighted by Crippen LogP contribution is 2.03. The summed E-state index contributed by atoms with van der Waals surface area (Å²) in [5, 5.41) is 8.37. The van der Waals surface area contributed by atoms with Crippen molar-refractivity contribution < 1.29 is 19.4 Å². The number of carboxylic acid groups (broad SMARTS) is 1. The minimum atomic E-state index is -1.05. The van der Waals surface area contributed by atoms with E-state index in [0.717, 1.165) is 6.08 Å². The van der Waals surface area contributed by atoms with Crippen LogP contribution >= 0.6 is 0 Å². The van der Waals surface area contributed by atoms with Gasteiger partial charge in [0.05, 0.1) is 18.4 Å². The van der Waals surface area contributed by atoms with Crippen LogP contribution in [-0.2, 0) is 9.53 Å². The molecule has 5 nitrogen and oxygen atoms in total. The molecule has 0 radical (unpaired) electrons. The third-order valence-electron chi connectivity index (χ3n) is 1.60. The molecule has 1 rings (SSSR count). The molecule has 0 saturated heterocycles. The molecule has 0 aliphatic carbocycles. The first kappa shape index (κ1) is 10.9. The number of aromatic nitrogens is 1. The topological polar surface area (TPSA) is 76.5 Å². The Kier molecular flexibility index (Phi) is 3.56. The molecule has 1 aromatic rings. The van der Waals surface area contributed by atoms with Gasteiger partial charge in [0.25, 0.3) is 0 Å². The standard InChI is InChI=1S/C10H9NO4/c1-15-10(14)7-2-3-8(11-6-7)4-5-9(12)13/h2-6H,1H3,(H,12,13). The molecule has 0 unspecified atom stereocenters. The Bertz CT molecular complexity index is 394. The summed E-state index contributed by atoms with van der Waals surface area (Å²) in [5.74, 6) is -1.52. The third-order valence-corrected chi connectivity index (χ3v) is 1.60. The van der Waals surface area contributed by atoms with E-state index in [1.54, 1.807) is 0 Å². The molecule has 0 bridgehead atoms. The fraction of sp³-hybridized carbons (Fsp3) is 0.100. The van der Waals surface area contributed by atoms with Crippen LogP contribution in [-0.4, -0.2) is 29.1 Å². The molecular weight excluding hydrogens is 198 g/mol. The fourth-order valence-corrected chi connectivity index (χ4v) is 0.899. The van der Waals surface area contributed by atoms with E-state index in [0.29, 0.717) is 11.3 Å². The second kappa shape index (κ2) is 4.90. The SMILES string of the molecule is COC(=O)c1ccc(C=CC(=O)O)nc1. The fourth-order valence-electron chi connectivity index (χ4n) is 0.899. The normalized spacial score (nSPS) is 10.2. The van der Waals surface area contributed by atoms with Crippen molar-refractivity contribution in [2.24, 2.45) is 0 Å². The lowest BCUT2D eigenvalue weighted by atomic mass is 10.2. The zero-order valence-electron chi connectivity index (χ0n) is 8.01. The summed E-state index contributed by atoms with van der Waals surface area (Å²) in [6.45, 7) is 0. The minimum absolute atomic E-state index is 0.324. The molecular formula is C10H9NO4. The van der Waals surface area contributed by atoms with Crippen molar-refractivity contribution in [3.05, 3.63) is 35.7 Å². The van der Waals surface area contributed by atoms with E-state index < -0.39 is 11.9 Å². The van der Waals surface area contributed by atoms with Gasteiger partial charge < -0.3 is 9.84 Å². The molecule has 1 N–H and O–H groups in total. The summed E-state index contributed by atoms with van der Waals surface area (Å²) in [7, 11) is 1.28. The second-order valence-electron chi connectivity index (χ2n) is 2.63. The van der Waals surface area contributed by atoms with Gasteiger partial charge in [-0.25, -0.2) is 9.59 Å². The van der Waals surface area contributed by atoms with Crippen molar-refractivity contribution in [2.75, 3.05) is 7.11 Å². The van der Waals surface area contributed by atoms with Gasteiger partial charge >= 0.3 is 11.9 Å². The number of carbonyl (C=O) groups is 2. The van der Waals surface area contributed by atoms with Crippen LogP contribution in [0.5, 0.6) is 0 Å². The van der Waals surface area contributed by atoms with Crippen LogP contribution in [0.25, 0.3) is 6.08 Å². The average Bonchev–Trinajstić information content (AvgIpc) is 2.26. The number of hydrogen-bond donors (Lipinski definition) is 1. The van der Waals surface area contributed by atoms with Crippen LogP contribution in [0, 0.1) is 0 Å². The number of rotatable bonds is 3. The van der Waals surface area contributed by atoms with Crippen molar-refractivity contribution in [3.8, 4) is 0 Å². The number of aliphatic carboxylic acids is 1. The van der Waals surface area contributed by atoms with Crippen LogP contribution in [0.1, 0.15) is 16.1 Å². The van der Waals surface area contributed by atoms with Gasteiger partial charge in [-0.1, -0.05) is 0 Å². The van der Waals surface area contributed by atoms with E-state index in [-0.39, 0.29) is 0 Å². The zero-order valence-corrected chi connectivity index (χ0v) is 8.01. The number of methoxy groups -OCH3 is 1. The van der Waals surface area contributed by atoms with E-state index in [1.807, 2.05) is 0 Å². The van der Waals surface area contributed by atoms with Gasteiger partial charge in [0.2, 0.25) is 0 Å². The van der Waals surface area contributed by atoms with Crippen LogP contribution in [0.2, 0.25) is 0 Å². The van der Waals surface area contributed by atoms with Crippen LogP contribution in [0.15, 0.2) is 24.4 Å². The van der Waals surface area contributed by atoms with E-state index >= 15 is 0 Å². The predicted octanol–water partition coefficient (Wildman–Crippen LogP) is 0.966. The number of carboxylic acids is 1. The lowest BCUT2D eigenvalue weighted by molar-refractivity contribution is -0.131. The second-order valence-corrected chi connectivity index (χ2v) is 2.63. The Balaban J connectivity index is 2.81. The van der Waals surface area contributed by atoms with Crippen LogP contribution < -0.4 is 0 Å². The molecule has 0 amide bonds. The number of carbonyl (C=O) groups excluding carboxylic acids is 1. The molecule has 15 heavy (non-hydrogen) atoms. The maximum absolute atomic E-state index is 11.0. The molecule has 78 valence electrons. The van der Waals surface area contributed by atoms with Gasteiger partial charge in [0, 0.05) is 12.3 Å². The van der Waals surface area contributed by atoms with E-state index in [4.69, 9.17) is 5.11 Å². The first-order valence-corrected chi connectivity index (χ1v) is 4.09. The first-order valence-electron chi connectivity index (χ1n) is 4.09. The highest BCUT2D eigenvalue weighted by atomic mass is 16.5. The Morgan fingerprint density at radius 1 is 1.47 bits per heavy atom. The molecule has 0 aliphatic heterocycles. The molecule has 0 saturated carbocycles. The smallest absolute Gasteiger partial charge is 0.339 e. The van der Waals surface area contributed by atoms with Gasteiger partial charge in [-0.15, -0.1) is 0 Å². The van der Waals surface area contributed by atoms with Crippen molar-refractivity contribution in [1.82, 2.24) is 4.98 Å². The number of esters is 1. The summed E-state index contributed by atoms with van der Waals surface area (Å²) in [6, 6.07) is 3.05. The van der Waals surface area contributed by atoms with Crippen molar-refractivity contribution in [2.45, 2.75) is 0 Å². The molecule has 1 heterocycles. The molecule has 1 aromatic heterocycles. The predicted molar refractivity (Wildman–Crippen MR) is 52.2 cm³/mol. The van der Waals surface area contributed by atoms with E-state index in [1.165, 1.54) is 31.5 Å². The zero-order chi connectivity index (χ0) is 11.3. The molecule has 0 aromatic carbocycles. The molecule has 5 heteroatoms. The number of hydrogen-bond acceptors (Lipinski definition) is 4. The highest BCUT2D eigenvalue weighted by Gasteiger charge is 2.04. The first-order chi connectivity index (χ1) is 7.13. The highest BCUT2D eigenvalue weighted by molar-refractivity contribution is 5.89. The molecule has 0 atom stereocenters. The van der Waals surface area contributed by atoms with Gasteiger partial charge in [0.1, 0.15) is 0 Å². The molecule has 0 spiro atoms. The maximum Gasteiger partial charge on any atom is 0.339 e. The Hall–Kier alpha value is -2.17. The quantitative estimate of drug-likeness (QED) is 0.590. The Labute approximate surface area is 86.0 Å². The van der Waals surface area contributed by atoms with Gasteiger partial charge in [-0.3, -0.25) is 4.98 Å². The number of ether oxygens (including phenoxy) is 1. The molecule has 0 fully saturated rings. The minimum Gasteiger partial charge on any atom is -0.478 e. The average molecular weight is 207 g/mol. The van der Waals surface area contributed by atoms with Crippen LogP contribution in [0.4, 0.5) is 0 Å². The van der Waals surface area contributed by atoms with Gasteiger partial charge in [0.15, 0.2) is 0 Å². The van der Waals surface area contributed by atoms with E-state index in [2.05, 4.69) is 9.72 Å². The summed E-state index contributed by atoms with van der Waals surface area (Å²) < 4.78 is 4.48. The maximum atomic E-state index is 11.0. The van der Waals surface area contributed by atoms with Gasteiger partial charge in [-0.2, -0.15) is 0 Å². The Morgan fingerprint density at radius 2 is 2.20 bits per heavy atom. The summed E-state index contributed by atoms with van der Waals surface area (Å²) in [6.07, 6.45) is 3.64. The third kappa shape index (κ3) is 3.22. The number of pyridine rings is 1. The largest absolute Gasteiger partial charge is 0.478 e. The lowest BCUT2D eigenvalue weighted by Gasteiger charge is -1.98. The van der Waals surface area contributed by atoms with E-state index in [9.17, 15) is 9.59 Å². The summed E-state index contributed by atoms with van der Waals surface area (Å²) in [5.41, 5.74) is 0.787. The summed E-state index contributed by atoms with van der Waals surface area (Å²) in [4.78, 5) is 25.1. The molecule has 0 aliphatic rings. The lowest BCUT2D eigenvalue weighted by Crippen LogP contribution is -2.01. The van der Waals surface area contributed by atoms with Crippen molar-refractivity contribution in [3.63, 3.8) is 0 Å². The van der Waals surface area contributed by atoms with Gasteiger partial charge in [-0.05, 0) is 18.2 Å². The van der Waals surface area contributed by atoms with Crippen molar-refractivity contribution >= 4 is 18.0 Å². The Morgan fingerprint density at radius 3 is 2.67 bits per heavy atom. The monoisotopic (exact) mass is 207 g/mol.